The van der Waals surface area contributed by atoms with Crippen molar-refractivity contribution in [3.8, 4) is 0 Å². The van der Waals surface area contributed by atoms with Gasteiger partial charge in [0, 0.05) is 0 Å². The van der Waals surface area contributed by atoms with Gasteiger partial charge in [-0.2, -0.15) is 0 Å². The largest absolute Gasteiger partial charge is 0.481 e. The molecule has 2 fully saturated rings. The van der Waals surface area contributed by atoms with Gasteiger partial charge >= 0.3 is 11.9 Å². The molecule has 15 heavy (non-hydrogen) atoms. The monoisotopic (exact) mass is 212 g/mol. The molecule has 2 saturated carbocycles. The number of fused-ring (bicyclic) bond motifs is 2. The molecule has 0 spiro atoms. The predicted octanol–water partition coefficient (Wildman–Crippen LogP) is 1.58. The molecule has 4 nitrogen and oxygen atoms in total. The summed E-state index contributed by atoms with van der Waals surface area (Å²) < 4.78 is 4.80. The summed E-state index contributed by atoms with van der Waals surface area (Å²) in [6.45, 7) is 0. The van der Waals surface area contributed by atoms with Gasteiger partial charge in [-0.25, -0.2) is 0 Å². The van der Waals surface area contributed by atoms with E-state index in [-0.39, 0.29) is 5.97 Å². The van der Waals surface area contributed by atoms with E-state index in [1.54, 1.807) is 0 Å². The van der Waals surface area contributed by atoms with Crippen LogP contribution in [-0.2, 0) is 14.3 Å². The number of ether oxygens (including phenoxy) is 1. The minimum atomic E-state index is -0.743. The number of carboxylic acid groups (broad SMARTS) is 1. The minimum absolute atomic E-state index is 0.217. The lowest BCUT2D eigenvalue weighted by atomic mass is 9.69. The fourth-order valence-electron chi connectivity index (χ4n) is 3.28. The Labute approximate surface area is 88.6 Å². The van der Waals surface area contributed by atoms with Crippen molar-refractivity contribution < 1.29 is 19.4 Å². The van der Waals surface area contributed by atoms with Crippen LogP contribution < -0.4 is 0 Å². The Kier molecular flexibility index (Phi) is 2.24. The zero-order valence-electron chi connectivity index (χ0n) is 8.91. The second kappa shape index (κ2) is 3.22. The molecule has 0 aromatic heterocycles. The molecule has 2 aliphatic carbocycles. The Morgan fingerprint density at radius 1 is 1.13 bits per heavy atom. The van der Waals surface area contributed by atoms with Crippen molar-refractivity contribution in [2.24, 2.45) is 10.8 Å². The summed E-state index contributed by atoms with van der Waals surface area (Å²) in [6.07, 6.45) is 4.09. The molecule has 2 aliphatic rings. The van der Waals surface area contributed by atoms with Crippen molar-refractivity contribution in [1.82, 2.24) is 0 Å². The molecule has 0 heterocycles. The molecule has 0 radical (unpaired) electrons. The number of carboxylic acids is 1. The summed E-state index contributed by atoms with van der Waals surface area (Å²) in [4.78, 5) is 22.9. The molecule has 0 saturated heterocycles. The zero-order valence-corrected chi connectivity index (χ0v) is 8.91. The highest BCUT2D eigenvalue weighted by molar-refractivity contribution is 5.82. The van der Waals surface area contributed by atoms with Crippen LogP contribution >= 0.6 is 0 Å². The Bertz CT molecular complexity index is 312. The van der Waals surface area contributed by atoms with Crippen LogP contribution in [0.3, 0.4) is 0 Å². The lowest BCUT2D eigenvalue weighted by Crippen LogP contribution is -2.38. The molecular formula is C11H16O4. The number of hydrogen-bond donors (Lipinski definition) is 1. The van der Waals surface area contributed by atoms with E-state index >= 15 is 0 Å². The van der Waals surface area contributed by atoms with Crippen LogP contribution in [0.1, 0.15) is 38.5 Å². The molecular weight excluding hydrogens is 196 g/mol. The third-order valence-corrected chi connectivity index (χ3v) is 4.14. The first-order valence-electron chi connectivity index (χ1n) is 5.37. The van der Waals surface area contributed by atoms with Gasteiger partial charge in [-0.05, 0) is 32.1 Å². The average Bonchev–Trinajstić information content (AvgIpc) is 2.52. The summed E-state index contributed by atoms with van der Waals surface area (Å²) in [6, 6.07) is 0. The number of aliphatic carboxylic acids is 1. The lowest BCUT2D eigenvalue weighted by molar-refractivity contribution is -0.158. The van der Waals surface area contributed by atoms with Crippen molar-refractivity contribution in [3.05, 3.63) is 0 Å². The molecule has 4 heteroatoms. The maximum atomic E-state index is 11.7. The van der Waals surface area contributed by atoms with Gasteiger partial charge < -0.3 is 9.84 Å². The number of carbonyl (C=O) groups excluding carboxylic acids is 1. The van der Waals surface area contributed by atoms with Gasteiger partial charge in [0.15, 0.2) is 0 Å². The summed E-state index contributed by atoms with van der Waals surface area (Å²) >= 11 is 0. The molecule has 0 aromatic rings. The van der Waals surface area contributed by atoms with Crippen LogP contribution in [-0.4, -0.2) is 24.2 Å². The summed E-state index contributed by atoms with van der Waals surface area (Å²) in [5.74, 6) is -0.960. The topological polar surface area (TPSA) is 63.6 Å². The van der Waals surface area contributed by atoms with E-state index in [4.69, 9.17) is 4.74 Å². The van der Waals surface area contributed by atoms with Gasteiger partial charge in [0.1, 0.15) is 0 Å². The highest BCUT2D eigenvalue weighted by Gasteiger charge is 2.58. The Morgan fingerprint density at radius 3 is 2.33 bits per heavy atom. The number of hydrogen-bond acceptors (Lipinski definition) is 3. The van der Waals surface area contributed by atoms with Gasteiger partial charge in [0.05, 0.1) is 17.9 Å². The fraction of sp³-hybridized carbons (Fsp3) is 0.818. The van der Waals surface area contributed by atoms with E-state index < -0.39 is 16.8 Å². The van der Waals surface area contributed by atoms with Gasteiger partial charge in [-0.3, -0.25) is 9.59 Å². The molecule has 1 N–H and O–H groups in total. The molecule has 2 atom stereocenters. The first-order valence-corrected chi connectivity index (χ1v) is 5.37. The van der Waals surface area contributed by atoms with Gasteiger partial charge in [-0.1, -0.05) is 6.42 Å². The second-order valence-electron chi connectivity index (χ2n) is 4.89. The predicted molar refractivity (Wildman–Crippen MR) is 52.2 cm³/mol. The van der Waals surface area contributed by atoms with Crippen molar-refractivity contribution in [2.75, 3.05) is 7.11 Å². The van der Waals surface area contributed by atoms with Crippen molar-refractivity contribution in [3.63, 3.8) is 0 Å². The van der Waals surface area contributed by atoms with Crippen LogP contribution in [0.2, 0.25) is 0 Å². The maximum absolute atomic E-state index is 11.7. The minimum Gasteiger partial charge on any atom is -0.481 e. The molecule has 2 rings (SSSR count). The van der Waals surface area contributed by atoms with Crippen LogP contribution in [0.25, 0.3) is 0 Å². The van der Waals surface area contributed by atoms with E-state index in [0.29, 0.717) is 25.7 Å². The maximum Gasteiger partial charge on any atom is 0.311 e. The molecule has 0 aromatic carbocycles. The molecule has 0 aliphatic heterocycles. The van der Waals surface area contributed by atoms with Crippen LogP contribution in [0, 0.1) is 10.8 Å². The Balaban J connectivity index is 2.27. The van der Waals surface area contributed by atoms with Gasteiger partial charge in [0.2, 0.25) is 0 Å². The van der Waals surface area contributed by atoms with E-state index in [9.17, 15) is 14.7 Å². The fourth-order valence-corrected chi connectivity index (χ4v) is 3.28. The van der Waals surface area contributed by atoms with E-state index in [1.165, 1.54) is 7.11 Å². The van der Waals surface area contributed by atoms with E-state index in [2.05, 4.69) is 0 Å². The smallest absolute Gasteiger partial charge is 0.311 e. The molecule has 2 bridgehead atoms. The number of carbonyl (C=O) groups is 2. The molecule has 0 amide bonds. The quantitative estimate of drug-likeness (QED) is 0.706. The third-order valence-electron chi connectivity index (χ3n) is 4.14. The lowest BCUT2D eigenvalue weighted by Gasteiger charge is -2.34. The standard InChI is InChI=1S/C11H16O4/c1-15-9(14)11-4-2-3-10(7-11,5-6-11)8(12)13/h2-7H2,1H3,(H,12,13)/t10-,11-/m1/s1. The summed E-state index contributed by atoms with van der Waals surface area (Å²) in [5.41, 5.74) is -1.14. The zero-order chi connectivity index (χ0) is 11.1. The van der Waals surface area contributed by atoms with Crippen molar-refractivity contribution in [2.45, 2.75) is 38.5 Å². The normalized spacial score (nSPS) is 38.7. The van der Waals surface area contributed by atoms with Crippen LogP contribution in [0.4, 0.5) is 0 Å². The number of rotatable bonds is 2. The number of esters is 1. The first kappa shape index (κ1) is 10.5. The van der Waals surface area contributed by atoms with Crippen molar-refractivity contribution in [1.29, 1.82) is 0 Å². The van der Waals surface area contributed by atoms with Crippen LogP contribution in [0.5, 0.6) is 0 Å². The van der Waals surface area contributed by atoms with Gasteiger partial charge in [-0.15, -0.1) is 0 Å². The van der Waals surface area contributed by atoms with Crippen LogP contribution in [0.15, 0.2) is 0 Å². The Hall–Kier alpha value is -1.06. The van der Waals surface area contributed by atoms with Gasteiger partial charge in [0.25, 0.3) is 0 Å². The SMILES string of the molecule is COC(=O)[C@]12CCC[C@@](C(=O)O)(CC1)C2. The molecule has 0 unspecified atom stereocenters. The highest BCUT2D eigenvalue weighted by Crippen LogP contribution is 2.59. The Morgan fingerprint density at radius 2 is 1.73 bits per heavy atom. The average molecular weight is 212 g/mol. The van der Waals surface area contributed by atoms with Crippen molar-refractivity contribution >= 4 is 11.9 Å². The summed E-state index contributed by atoms with van der Waals surface area (Å²) in [5, 5.41) is 9.23. The number of methoxy groups -OCH3 is 1. The van der Waals surface area contributed by atoms with E-state index in [0.717, 1.165) is 12.8 Å². The first-order chi connectivity index (χ1) is 7.05. The highest BCUT2D eigenvalue weighted by atomic mass is 16.5. The van der Waals surface area contributed by atoms with E-state index in [1.807, 2.05) is 0 Å². The third kappa shape index (κ3) is 1.34. The summed E-state index contributed by atoms with van der Waals surface area (Å²) in [7, 11) is 1.38. The second-order valence-corrected chi connectivity index (χ2v) is 4.89. The molecule has 84 valence electrons.